The van der Waals surface area contributed by atoms with Gasteiger partial charge in [-0.05, 0) is 36.9 Å². The van der Waals surface area contributed by atoms with Gasteiger partial charge in [-0.3, -0.25) is 4.79 Å². The van der Waals surface area contributed by atoms with E-state index in [2.05, 4.69) is 0 Å². The van der Waals surface area contributed by atoms with Gasteiger partial charge in [-0.2, -0.15) is 0 Å². The van der Waals surface area contributed by atoms with Gasteiger partial charge >= 0.3 is 5.97 Å². The smallest absolute Gasteiger partial charge is 0.328 e. The summed E-state index contributed by atoms with van der Waals surface area (Å²) in [5.41, 5.74) is 0.353. The molecule has 0 atom stereocenters. The molecule has 0 unspecified atom stereocenters. The molecule has 6 heteroatoms. The van der Waals surface area contributed by atoms with Crippen molar-refractivity contribution in [3.63, 3.8) is 0 Å². The van der Waals surface area contributed by atoms with E-state index in [4.69, 9.17) is 9.84 Å². The average Bonchev–Trinajstić information content (AvgIpc) is 2.83. The molecule has 0 spiro atoms. The quantitative estimate of drug-likeness (QED) is 0.786. The highest BCUT2D eigenvalue weighted by Crippen LogP contribution is 2.19. The minimum Gasteiger partial charge on any atom is -0.478 e. The van der Waals surface area contributed by atoms with E-state index in [1.807, 2.05) is 25.3 Å². The number of amides is 1. The maximum absolute atomic E-state index is 12.1. The first kappa shape index (κ1) is 17.4. The molecule has 0 radical (unpaired) electrons. The molecule has 0 saturated carbocycles. The van der Waals surface area contributed by atoms with Gasteiger partial charge < -0.3 is 14.7 Å². The third kappa shape index (κ3) is 6.10. The van der Waals surface area contributed by atoms with Gasteiger partial charge in [-0.25, -0.2) is 4.79 Å². The highest BCUT2D eigenvalue weighted by atomic mass is 32.1. The number of carboxylic acid groups (broad SMARTS) is 1. The second-order valence-corrected chi connectivity index (χ2v) is 6.40. The van der Waals surface area contributed by atoms with Crippen LogP contribution in [0.25, 0.3) is 6.08 Å². The van der Waals surface area contributed by atoms with Gasteiger partial charge in [0.15, 0.2) is 0 Å². The van der Waals surface area contributed by atoms with Gasteiger partial charge in [-0.15, -0.1) is 11.3 Å². The maximum atomic E-state index is 12.1. The van der Waals surface area contributed by atoms with Gasteiger partial charge in [0.2, 0.25) is 5.91 Å². The van der Waals surface area contributed by atoms with Gasteiger partial charge in [0, 0.05) is 25.1 Å². The van der Waals surface area contributed by atoms with E-state index in [-0.39, 0.29) is 5.91 Å². The number of nitrogens with zero attached hydrogens (tertiary/aromatic N) is 1. The summed E-state index contributed by atoms with van der Waals surface area (Å²) in [6, 6.07) is 1.88. The second-order valence-electron chi connectivity index (χ2n) is 5.41. The van der Waals surface area contributed by atoms with Crippen LogP contribution >= 0.6 is 11.3 Å². The molecule has 1 aromatic heterocycles. The average molecular weight is 311 g/mol. The van der Waals surface area contributed by atoms with E-state index in [9.17, 15) is 9.59 Å². The highest BCUT2D eigenvalue weighted by molar-refractivity contribution is 7.10. The summed E-state index contributed by atoms with van der Waals surface area (Å²) in [7, 11) is 3.34. The summed E-state index contributed by atoms with van der Waals surface area (Å²) in [6.45, 7) is 4.25. The van der Waals surface area contributed by atoms with Crippen molar-refractivity contribution in [2.75, 3.05) is 14.2 Å². The van der Waals surface area contributed by atoms with Crippen LogP contribution in [-0.2, 0) is 20.9 Å². The molecular formula is C15H21NO4S. The zero-order valence-electron chi connectivity index (χ0n) is 12.8. The standard InChI is InChI=1S/C15H21NO4S/c1-15(2,20-4)8-13(17)16(3)9-12-7-11(10-21-12)5-6-14(18)19/h5-7,10H,8-9H2,1-4H3,(H,18,19)/b6-5+. The van der Waals surface area contributed by atoms with Crippen LogP contribution in [0.15, 0.2) is 17.5 Å². The Balaban J connectivity index is 2.61. The molecule has 0 aromatic carbocycles. The van der Waals surface area contributed by atoms with Crippen LogP contribution in [0.5, 0.6) is 0 Å². The molecule has 1 rings (SSSR count). The van der Waals surface area contributed by atoms with E-state index in [1.54, 1.807) is 19.1 Å². The van der Waals surface area contributed by atoms with Crippen molar-refractivity contribution in [3.8, 4) is 0 Å². The number of carboxylic acids is 1. The molecule has 1 amide bonds. The minimum absolute atomic E-state index is 0.0119. The lowest BCUT2D eigenvalue weighted by molar-refractivity contribution is -0.135. The third-order valence-electron chi connectivity index (χ3n) is 3.04. The molecule has 0 saturated heterocycles. The molecule has 0 bridgehead atoms. The van der Waals surface area contributed by atoms with E-state index in [0.29, 0.717) is 13.0 Å². The normalized spacial score (nSPS) is 11.8. The second kappa shape index (κ2) is 7.38. The molecule has 1 N–H and O–H groups in total. The fraction of sp³-hybridized carbons (Fsp3) is 0.467. The molecule has 0 fully saturated rings. The molecule has 0 aliphatic carbocycles. The lowest BCUT2D eigenvalue weighted by Gasteiger charge is -2.25. The molecule has 0 aliphatic rings. The summed E-state index contributed by atoms with van der Waals surface area (Å²) < 4.78 is 5.26. The summed E-state index contributed by atoms with van der Waals surface area (Å²) in [4.78, 5) is 25.2. The zero-order valence-corrected chi connectivity index (χ0v) is 13.6. The van der Waals surface area contributed by atoms with E-state index < -0.39 is 11.6 Å². The summed E-state index contributed by atoms with van der Waals surface area (Å²) in [5, 5.41) is 10.5. The maximum Gasteiger partial charge on any atom is 0.328 e. The SMILES string of the molecule is COC(C)(C)CC(=O)N(C)Cc1cc(/C=C/C(=O)O)cs1. The summed E-state index contributed by atoms with van der Waals surface area (Å²) in [6.07, 6.45) is 2.96. The Hall–Kier alpha value is -1.66. The highest BCUT2D eigenvalue weighted by Gasteiger charge is 2.23. The van der Waals surface area contributed by atoms with Crippen molar-refractivity contribution in [3.05, 3.63) is 28.0 Å². The van der Waals surface area contributed by atoms with E-state index in [0.717, 1.165) is 16.5 Å². The van der Waals surface area contributed by atoms with Crippen LogP contribution in [0.1, 0.15) is 30.7 Å². The Morgan fingerprint density at radius 1 is 1.48 bits per heavy atom. The topological polar surface area (TPSA) is 66.8 Å². The first-order chi connectivity index (χ1) is 9.73. The zero-order chi connectivity index (χ0) is 16.0. The van der Waals surface area contributed by atoms with Crippen molar-refractivity contribution >= 4 is 29.3 Å². The number of carbonyl (C=O) groups excluding carboxylic acids is 1. The largest absolute Gasteiger partial charge is 0.478 e. The molecule has 21 heavy (non-hydrogen) atoms. The van der Waals surface area contributed by atoms with Crippen LogP contribution in [0, 0.1) is 0 Å². The number of rotatable bonds is 7. The van der Waals surface area contributed by atoms with Crippen LogP contribution in [0.2, 0.25) is 0 Å². The van der Waals surface area contributed by atoms with Crippen LogP contribution < -0.4 is 0 Å². The number of methoxy groups -OCH3 is 1. The molecule has 1 aromatic rings. The van der Waals surface area contributed by atoms with E-state index >= 15 is 0 Å². The number of ether oxygens (including phenoxy) is 1. The van der Waals surface area contributed by atoms with Gasteiger partial charge in [-0.1, -0.05) is 0 Å². The van der Waals surface area contributed by atoms with Crippen molar-refractivity contribution in [2.24, 2.45) is 0 Å². The number of aliphatic carboxylic acids is 1. The number of thiophene rings is 1. The first-order valence-electron chi connectivity index (χ1n) is 6.51. The Kier molecular flexibility index (Phi) is 6.11. The van der Waals surface area contributed by atoms with Crippen molar-refractivity contribution < 1.29 is 19.4 Å². The number of carbonyl (C=O) groups is 2. The Labute approximate surface area is 128 Å². The number of hydrogen-bond acceptors (Lipinski definition) is 4. The lowest BCUT2D eigenvalue weighted by Crippen LogP contribution is -2.34. The minimum atomic E-state index is -0.975. The Bertz CT molecular complexity index is 534. The third-order valence-corrected chi connectivity index (χ3v) is 3.98. The van der Waals surface area contributed by atoms with Gasteiger partial charge in [0.1, 0.15) is 0 Å². The van der Waals surface area contributed by atoms with Crippen LogP contribution in [0.4, 0.5) is 0 Å². The van der Waals surface area contributed by atoms with Crippen molar-refractivity contribution in [1.82, 2.24) is 4.90 Å². The molecule has 116 valence electrons. The van der Waals surface area contributed by atoms with Gasteiger partial charge in [0.25, 0.3) is 0 Å². The molecule has 0 aliphatic heterocycles. The fourth-order valence-electron chi connectivity index (χ4n) is 1.63. The predicted molar refractivity (Wildman–Crippen MR) is 83.2 cm³/mol. The van der Waals surface area contributed by atoms with Crippen molar-refractivity contribution in [1.29, 1.82) is 0 Å². The monoisotopic (exact) mass is 311 g/mol. The predicted octanol–water partition coefficient (Wildman–Crippen LogP) is 2.62. The number of hydrogen-bond donors (Lipinski definition) is 1. The first-order valence-corrected chi connectivity index (χ1v) is 7.39. The molecular weight excluding hydrogens is 290 g/mol. The molecule has 5 nitrogen and oxygen atoms in total. The fourth-order valence-corrected chi connectivity index (χ4v) is 2.54. The Morgan fingerprint density at radius 2 is 2.14 bits per heavy atom. The lowest BCUT2D eigenvalue weighted by atomic mass is 10.0. The van der Waals surface area contributed by atoms with Crippen LogP contribution in [-0.4, -0.2) is 41.6 Å². The summed E-state index contributed by atoms with van der Waals surface area (Å²) >= 11 is 1.50. The van der Waals surface area contributed by atoms with E-state index in [1.165, 1.54) is 17.4 Å². The van der Waals surface area contributed by atoms with Crippen molar-refractivity contribution in [2.45, 2.75) is 32.4 Å². The van der Waals surface area contributed by atoms with Crippen LogP contribution in [0.3, 0.4) is 0 Å². The Morgan fingerprint density at radius 3 is 2.71 bits per heavy atom. The molecule has 1 heterocycles. The van der Waals surface area contributed by atoms with Gasteiger partial charge in [0.05, 0.1) is 18.6 Å². The summed E-state index contributed by atoms with van der Waals surface area (Å²) in [5.74, 6) is -0.963.